The van der Waals surface area contributed by atoms with Crippen molar-refractivity contribution < 1.29 is 9.18 Å². The molecule has 4 aromatic carbocycles. The molecule has 0 radical (unpaired) electrons. The van der Waals surface area contributed by atoms with Crippen LogP contribution in [0.3, 0.4) is 0 Å². The normalized spacial score (nSPS) is 10.5. The lowest BCUT2D eigenvalue weighted by molar-refractivity contribution is 0.102. The Labute approximate surface area is 193 Å². The van der Waals surface area contributed by atoms with Crippen LogP contribution in [0.4, 0.5) is 21.5 Å². The monoisotopic (exact) mass is 436 g/mol. The average molecular weight is 437 g/mol. The minimum absolute atomic E-state index is 0.243. The van der Waals surface area contributed by atoms with Gasteiger partial charge in [0.1, 0.15) is 5.82 Å². The molecule has 0 saturated carbocycles. The quantitative estimate of drug-likeness (QED) is 0.340. The molecular formula is C29H25FN2O. The van der Waals surface area contributed by atoms with Gasteiger partial charge in [0.25, 0.3) is 5.91 Å². The summed E-state index contributed by atoms with van der Waals surface area (Å²) in [6.45, 7) is 6.03. The van der Waals surface area contributed by atoms with Crippen molar-refractivity contribution in [1.82, 2.24) is 0 Å². The fourth-order valence-corrected chi connectivity index (χ4v) is 3.79. The molecule has 4 rings (SSSR count). The Kier molecular flexibility index (Phi) is 6.36. The van der Waals surface area contributed by atoms with E-state index in [2.05, 4.69) is 47.1 Å². The second-order valence-electron chi connectivity index (χ2n) is 7.86. The summed E-state index contributed by atoms with van der Waals surface area (Å²) in [6.07, 6.45) is 1.85. The van der Waals surface area contributed by atoms with Crippen LogP contribution in [0.15, 0.2) is 97.6 Å². The summed E-state index contributed by atoms with van der Waals surface area (Å²) in [5, 5.41) is 2.82. The van der Waals surface area contributed by atoms with Gasteiger partial charge in [0.2, 0.25) is 0 Å². The SMILES string of the molecule is C=Cc1cc(-c2cc(C(=O)Nc3ccc(F)cc3)ccc2C)ccc1N(C)c1ccccc1. The maximum absolute atomic E-state index is 13.1. The Morgan fingerprint density at radius 1 is 0.939 bits per heavy atom. The molecule has 4 aromatic rings. The third-order valence-corrected chi connectivity index (χ3v) is 5.67. The number of rotatable bonds is 6. The lowest BCUT2D eigenvalue weighted by Gasteiger charge is -2.22. The highest BCUT2D eigenvalue weighted by Crippen LogP contribution is 2.33. The Morgan fingerprint density at radius 2 is 1.67 bits per heavy atom. The minimum Gasteiger partial charge on any atom is -0.344 e. The molecule has 3 nitrogen and oxygen atoms in total. The Morgan fingerprint density at radius 3 is 2.36 bits per heavy atom. The predicted octanol–water partition coefficient (Wildman–Crippen LogP) is 7.46. The fraction of sp³-hybridized carbons (Fsp3) is 0.0690. The molecule has 1 amide bonds. The van der Waals surface area contributed by atoms with E-state index in [1.54, 1.807) is 18.2 Å². The Hall–Kier alpha value is -4.18. The number of halogens is 1. The third kappa shape index (κ3) is 4.85. The van der Waals surface area contributed by atoms with Crippen molar-refractivity contribution in [1.29, 1.82) is 0 Å². The summed E-state index contributed by atoms with van der Waals surface area (Å²) >= 11 is 0. The fourth-order valence-electron chi connectivity index (χ4n) is 3.79. The molecule has 0 heterocycles. The zero-order valence-electron chi connectivity index (χ0n) is 18.7. The van der Waals surface area contributed by atoms with Crippen LogP contribution < -0.4 is 10.2 Å². The molecule has 0 atom stereocenters. The number of amides is 1. The van der Waals surface area contributed by atoms with Crippen LogP contribution in [0.25, 0.3) is 17.2 Å². The van der Waals surface area contributed by atoms with Crippen molar-refractivity contribution in [3.8, 4) is 11.1 Å². The van der Waals surface area contributed by atoms with Crippen LogP contribution in [0.2, 0.25) is 0 Å². The molecule has 33 heavy (non-hydrogen) atoms. The van der Waals surface area contributed by atoms with Gasteiger partial charge in [-0.15, -0.1) is 0 Å². The largest absolute Gasteiger partial charge is 0.344 e. The number of benzene rings is 4. The highest BCUT2D eigenvalue weighted by atomic mass is 19.1. The summed E-state index contributed by atoms with van der Waals surface area (Å²) < 4.78 is 13.1. The molecule has 0 aromatic heterocycles. The molecule has 0 saturated heterocycles. The maximum Gasteiger partial charge on any atom is 0.255 e. The number of hydrogen-bond donors (Lipinski definition) is 1. The second kappa shape index (κ2) is 9.53. The molecule has 0 aliphatic rings. The first kappa shape index (κ1) is 22.0. The summed E-state index contributed by atoms with van der Waals surface area (Å²) in [5.41, 5.74) is 7.25. The molecule has 0 aliphatic carbocycles. The van der Waals surface area contributed by atoms with Crippen molar-refractivity contribution in [3.05, 3.63) is 120 Å². The van der Waals surface area contributed by atoms with Crippen molar-refractivity contribution in [3.63, 3.8) is 0 Å². The average Bonchev–Trinajstić information content (AvgIpc) is 2.85. The number of carbonyl (C=O) groups excluding carboxylic acids is 1. The van der Waals surface area contributed by atoms with E-state index in [0.717, 1.165) is 33.6 Å². The van der Waals surface area contributed by atoms with Crippen LogP contribution in [0.5, 0.6) is 0 Å². The summed E-state index contributed by atoms with van der Waals surface area (Å²) in [6, 6.07) is 27.7. The van der Waals surface area contributed by atoms with Crippen LogP contribution in [-0.4, -0.2) is 13.0 Å². The topological polar surface area (TPSA) is 32.3 Å². The third-order valence-electron chi connectivity index (χ3n) is 5.67. The highest BCUT2D eigenvalue weighted by molar-refractivity contribution is 6.05. The number of nitrogens with zero attached hydrogens (tertiary/aromatic N) is 1. The second-order valence-corrected chi connectivity index (χ2v) is 7.86. The van der Waals surface area contributed by atoms with E-state index in [0.29, 0.717) is 11.3 Å². The van der Waals surface area contributed by atoms with Crippen molar-refractivity contribution in [2.24, 2.45) is 0 Å². The van der Waals surface area contributed by atoms with E-state index in [4.69, 9.17) is 0 Å². The smallest absolute Gasteiger partial charge is 0.255 e. The van der Waals surface area contributed by atoms with Crippen LogP contribution >= 0.6 is 0 Å². The van der Waals surface area contributed by atoms with E-state index < -0.39 is 0 Å². The van der Waals surface area contributed by atoms with Gasteiger partial charge >= 0.3 is 0 Å². The van der Waals surface area contributed by atoms with Crippen molar-refractivity contribution >= 4 is 29.0 Å². The van der Waals surface area contributed by atoms with E-state index in [1.807, 2.05) is 50.4 Å². The van der Waals surface area contributed by atoms with E-state index in [9.17, 15) is 9.18 Å². The van der Waals surface area contributed by atoms with Gasteiger partial charge in [0, 0.05) is 29.7 Å². The summed E-state index contributed by atoms with van der Waals surface area (Å²) in [7, 11) is 2.03. The number of aryl methyl sites for hydroxylation is 1. The first-order chi connectivity index (χ1) is 16.0. The van der Waals surface area contributed by atoms with E-state index in [-0.39, 0.29) is 11.7 Å². The van der Waals surface area contributed by atoms with Crippen LogP contribution in [0, 0.1) is 12.7 Å². The Balaban J connectivity index is 1.65. The first-order valence-corrected chi connectivity index (χ1v) is 10.7. The Bertz CT molecular complexity index is 1300. The zero-order valence-corrected chi connectivity index (χ0v) is 18.7. The maximum atomic E-state index is 13.1. The number of para-hydroxylation sites is 1. The zero-order chi connectivity index (χ0) is 23.4. The lowest BCUT2D eigenvalue weighted by Crippen LogP contribution is -2.12. The van der Waals surface area contributed by atoms with Gasteiger partial charge in [-0.1, -0.05) is 43.0 Å². The number of nitrogens with one attached hydrogen (secondary N) is 1. The molecule has 0 fully saturated rings. The number of carbonyl (C=O) groups is 1. The van der Waals surface area contributed by atoms with Gasteiger partial charge in [0.15, 0.2) is 0 Å². The highest BCUT2D eigenvalue weighted by Gasteiger charge is 2.13. The van der Waals surface area contributed by atoms with Gasteiger partial charge in [0.05, 0.1) is 0 Å². The minimum atomic E-state index is -0.343. The van der Waals surface area contributed by atoms with E-state index in [1.165, 1.54) is 12.1 Å². The summed E-state index contributed by atoms with van der Waals surface area (Å²) in [4.78, 5) is 14.9. The predicted molar refractivity (Wildman–Crippen MR) is 136 cm³/mol. The van der Waals surface area contributed by atoms with Gasteiger partial charge in [-0.2, -0.15) is 0 Å². The molecule has 0 spiro atoms. The molecular weight excluding hydrogens is 411 g/mol. The standard InChI is InChI=1S/C29H25FN2O/c1-4-21-18-22(12-17-28(21)32(3)26-8-6-5-7-9-26)27-19-23(11-10-20(27)2)29(33)31-25-15-13-24(30)14-16-25/h4-19H,1H2,2-3H3,(H,31,33). The van der Waals surface area contributed by atoms with Crippen molar-refractivity contribution in [2.45, 2.75) is 6.92 Å². The van der Waals surface area contributed by atoms with Gasteiger partial charge < -0.3 is 10.2 Å². The van der Waals surface area contributed by atoms with Crippen LogP contribution in [0.1, 0.15) is 21.5 Å². The van der Waals surface area contributed by atoms with E-state index >= 15 is 0 Å². The molecule has 0 bridgehead atoms. The van der Waals surface area contributed by atoms with Crippen molar-refractivity contribution in [2.75, 3.05) is 17.3 Å². The number of anilines is 3. The number of hydrogen-bond acceptors (Lipinski definition) is 2. The first-order valence-electron chi connectivity index (χ1n) is 10.7. The molecule has 1 N–H and O–H groups in total. The molecule has 164 valence electrons. The van der Waals surface area contributed by atoms with Gasteiger partial charge in [-0.05, 0) is 89.8 Å². The molecule has 0 unspecified atom stereocenters. The molecule has 0 aliphatic heterocycles. The summed E-state index contributed by atoms with van der Waals surface area (Å²) in [5.74, 6) is -0.586. The van der Waals surface area contributed by atoms with Gasteiger partial charge in [-0.25, -0.2) is 4.39 Å². The lowest BCUT2D eigenvalue weighted by atomic mass is 9.95. The van der Waals surface area contributed by atoms with Crippen LogP contribution in [-0.2, 0) is 0 Å². The molecule has 4 heteroatoms. The van der Waals surface area contributed by atoms with Gasteiger partial charge in [-0.3, -0.25) is 4.79 Å².